The van der Waals surface area contributed by atoms with Crippen LogP contribution in [0.1, 0.15) is 11.1 Å². The molecule has 5 heteroatoms. The number of halogens is 1. The Morgan fingerprint density at radius 2 is 1.95 bits per heavy atom. The zero-order valence-electron chi connectivity index (χ0n) is 10.6. The van der Waals surface area contributed by atoms with Gasteiger partial charge in [0.25, 0.3) is 0 Å². The molecule has 98 valence electrons. The first-order chi connectivity index (χ1) is 9.60. The lowest BCUT2D eigenvalue weighted by Crippen LogP contribution is -1.94. The van der Waals surface area contributed by atoms with Gasteiger partial charge in [-0.1, -0.05) is 0 Å². The average molecular weight is 283 g/mol. The Hall–Kier alpha value is -2.45. The topological polar surface area (TPSA) is 44.5 Å². The van der Waals surface area contributed by atoms with Gasteiger partial charge in [0, 0.05) is 5.69 Å². The summed E-state index contributed by atoms with van der Waals surface area (Å²) in [7, 11) is 0. The van der Waals surface area contributed by atoms with Crippen LogP contribution in [0.5, 0.6) is 0 Å². The van der Waals surface area contributed by atoms with E-state index < -0.39 is 0 Å². The normalized spacial score (nSPS) is 10.7. The first-order valence-electron chi connectivity index (χ1n) is 6.01. The van der Waals surface area contributed by atoms with Crippen LogP contribution in [-0.4, -0.2) is 9.55 Å². The Kier molecular flexibility index (Phi) is 2.88. The first kappa shape index (κ1) is 12.6. The van der Waals surface area contributed by atoms with Crippen LogP contribution in [0, 0.1) is 28.8 Å². The molecule has 0 radical (unpaired) electrons. The van der Waals surface area contributed by atoms with Crippen molar-refractivity contribution in [3.8, 4) is 11.8 Å². The molecule has 0 fully saturated rings. The van der Waals surface area contributed by atoms with Crippen LogP contribution in [0.4, 0.5) is 4.39 Å². The number of hydrogen-bond acceptors (Lipinski definition) is 2. The Labute approximate surface area is 119 Å². The van der Waals surface area contributed by atoms with Gasteiger partial charge in [0.2, 0.25) is 0 Å². The van der Waals surface area contributed by atoms with Crippen LogP contribution in [-0.2, 0) is 0 Å². The number of nitriles is 1. The lowest BCUT2D eigenvalue weighted by atomic mass is 10.2. The average Bonchev–Trinajstić information content (AvgIpc) is 2.75. The van der Waals surface area contributed by atoms with Crippen molar-refractivity contribution >= 4 is 23.3 Å². The molecular formula is C15H10FN3S. The molecule has 1 N–H and O–H groups in total. The summed E-state index contributed by atoms with van der Waals surface area (Å²) in [5.74, 6) is -0.263. The summed E-state index contributed by atoms with van der Waals surface area (Å²) >= 11 is 5.30. The van der Waals surface area contributed by atoms with Crippen LogP contribution in [0.3, 0.4) is 0 Å². The van der Waals surface area contributed by atoms with Crippen molar-refractivity contribution in [1.29, 1.82) is 5.26 Å². The Bertz CT molecular complexity index is 898. The van der Waals surface area contributed by atoms with E-state index in [9.17, 15) is 4.39 Å². The molecular weight excluding hydrogens is 273 g/mol. The fourth-order valence-corrected chi connectivity index (χ4v) is 2.49. The van der Waals surface area contributed by atoms with Crippen molar-refractivity contribution in [1.82, 2.24) is 9.55 Å². The number of rotatable bonds is 1. The molecule has 1 aromatic heterocycles. The number of imidazole rings is 1. The van der Waals surface area contributed by atoms with Crippen molar-refractivity contribution in [2.24, 2.45) is 0 Å². The van der Waals surface area contributed by atoms with Crippen molar-refractivity contribution < 1.29 is 4.39 Å². The van der Waals surface area contributed by atoms with Gasteiger partial charge in [0.1, 0.15) is 5.82 Å². The number of aromatic amines is 1. The van der Waals surface area contributed by atoms with E-state index in [1.807, 2.05) is 16.7 Å². The van der Waals surface area contributed by atoms with Gasteiger partial charge < -0.3 is 4.98 Å². The standard InChI is InChI=1S/C15H10FN3S/c1-9-6-14-13(7-12(9)16)18-15(20)19(14)11-4-2-10(8-17)3-5-11/h2-7H,1H3,(H,18,20). The van der Waals surface area contributed by atoms with E-state index in [4.69, 9.17) is 17.5 Å². The van der Waals surface area contributed by atoms with Gasteiger partial charge >= 0.3 is 0 Å². The number of H-pyrrole nitrogens is 1. The van der Waals surface area contributed by atoms with E-state index in [0.29, 0.717) is 21.4 Å². The van der Waals surface area contributed by atoms with E-state index in [0.717, 1.165) is 11.2 Å². The smallest absolute Gasteiger partial charge is 0.182 e. The zero-order chi connectivity index (χ0) is 14.3. The molecule has 3 aromatic rings. The minimum Gasteiger partial charge on any atom is -0.330 e. The molecule has 0 saturated carbocycles. The van der Waals surface area contributed by atoms with Crippen molar-refractivity contribution in [2.75, 3.05) is 0 Å². The molecule has 1 heterocycles. The Balaban J connectivity index is 2.30. The van der Waals surface area contributed by atoms with Crippen LogP contribution < -0.4 is 0 Å². The molecule has 0 unspecified atom stereocenters. The van der Waals surface area contributed by atoms with Gasteiger partial charge in [0.15, 0.2) is 4.77 Å². The maximum absolute atomic E-state index is 13.6. The number of aromatic nitrogens is 2. The summed E-state index contributed by atoms with van der Waals surface area (Å²) in [5, 5.41) is 8.83. The lowest BCUT2D eigenvalue weighted by molar-refractivity contribution is 0.620. The number of aryl methyl sites for hydroxylation is 1. The van der Waals surface area contributed by atoms with Crippen molar-refractivity contribution in [3.05, 3.63) is 58.1 Å². The fraction of sp³-hybridized carbons (Fsp3) is 0.0667. The van der Waals surface area contributed by atoms with E-state index in [2.05, 4.69) is 11.1 Å². The van der Waals surface area contributed by atoms with Crippen LogP contribution in [0.15, 0.2) is 36.4 Å². The molecule has 0 aliphatic rings. The largest absolute Gasteiger partial charge is 0.330 e. The molecule has 3 nitrogen and oxygen atoms in total. The summed E-state index contributed by atoms with van der Waals surface area (Å²) in [6.07, 6.45) is 0. The monoisotopic (exact) mass is 283 g/mol. The van der Waals surface area contributed by atoms with E-state index in [1.54, 1.807) is 25.1 Å². The molecule has 2 aromatic carbocycles. The number of nitrogens with one attached hydrogen (secondary N) is 1. The molecule has 0 spiro atoms. The van der Waals surface area contributed by atoms with E-state index >= 15 is 0 Å². The number of fused-ring (bicyclic) bond motifs is 1. The highest BCUT2D eigenvalue weighted by atomic mass is 32.1. The maximum atomic E-state index is 13.6. The second-order valence-electron chi connectivity index (χ2n) is 4.54. The second-order valence-corrected chi connectivity index (χ2v) is 4.93. The summed E-state index contributed by atoms with van der Waals surface area (Å²) in [6, 6.07) is 12.4. The summed E-state index contributed by atoms with van der Waals surface area (Å²) < 4.78 is 15.9. The Morgan fingerprint density at radius 1 is 1.25 bits per heavy atom. The van der Waals surface area contributed by atoms with Crippen molar-refractivity contribution in [2.45, 2.75) is 6.92 Å². The molecule has 0 aliphatic carbocycles. The van der Waals surface area contributed by atoms with E-state index in [-0.39, 0.29) is 5.82 Å². The molecule has 0 aliphatic heterocycles. The SMILES string of the molecule is Cc1cc2c(cc1F)[nH]c(=S)n2-c1ccc(C#N)cc1. The number of benzene rings is 2. The minimum atomic E-state index is -0.263. The third kappa shape index (κ3) is 1.91. The summed E-state index contributed by atoms with van der Waals surface area (Å²) in [6.45, 7) is 1.72. The quantitative estimate of drug-likeness (QED) is 0.686. The number of hydrogen-bond donors (Lipinski definition) is 1. The predicted molar refractivity (Wildman–Crippen MR) is 77.9 cm³/mol. The summed E-state index contributed by atoms with van der Waals surface area (Å²) in [5.41, 5.74) is 3.46. The van der Waals surface area contributed by atoms with E-state index in [1.165, 1.54) is 6.07 Å². The molecule has 3 rings (SSSR count). The third-order valence-electron chi connectivity index (χ3n) is 3.22. The predicted octanol–water partition coefficient (Wildman–Crippen LogP) is 4.01. The maximum Gasteiger partial charge on any atom is 0.182 e. The van der Waals surface area contributed by atoms with Gasteiger partial charge in [-0.3, -0.25) is 4.57 Å². The van der Waals surface area contributed by atoms with Gasteiger partial charge in [-0.2, -0.15) is 5.26 Å². The molecule has 0 amide bonds. The zero-order valence-corrected chi connectivity index (χ0v) is 11.5. The fourth-order valence-electron chi connectivity index (χ4n) is 2.17. The van der Waals surface area contributed by atoms with Crippen LogP contribution in [0.2, 0.25) is 0 Å². The van der Waals surface area contributed by atoms with Crippen molar-refractivity contribution in [3.63, 3.8) is 0 Å². The van der Waals surface area contributed by atoms with Gasteiger partial charge in [-0.25, -0.2) is 4.39 Å². The second kappa shape index (κ2) is 4.58. The lowest BCUT2D eigenvalue weighted by Gasteiger charge is -2.05. The highest BCUT2D eigenvalue weighted by Crippen LogP contribution is 2.22. The number of nitrogens with zero attached hydrogens (tertiary/aromatic N) is 2. The third-order valence-corrected chi connectivity index (χ3v) is 3.50. The van der Waals surface area contributed by atoms with Crippen LogP contribution in [0.25, 0.3) is 16.7 Å². The Morgan fingerprint density at radius 3 is 2.60 bits per heavy atom. The molecule has 0 atom stereocenters. The summed E-state index contributed by atoms with van der Waals surface area (Å²) in [4.78, 5) is 2.99. The van der Waals surface area contributed by atoms with Crippen LogP contribution >= 0.6 is 12.2 Å². The minimum absolute atomic E-state index is 0.263. The molecule has 0 bridgehead atoms. The van der Waals surface area contributed by atoms with Gasteiger partial charge in [-0.05, 0) is 61.1 Å². The van der Waals surface area contributed by atoms with Gasteiger partial charge in [0.05, 0.1) is 22.7 Å². The first-order valence-corrected chi connectivity index (χ1v) is 6.42. The highest BCUT2D eigenvalue weighted by molar-refractivity contribution is 7.71. The molecule has 20 heavy (non-hydrogen) atoms. The molecule has 0 saturated heterocycles. The highest BCUT2D eigenvalue weighted by Gasteiger charge is 2.09. The van der Waals surface area contributed by atoms with Gasteiger partial charge in [-0.15, -0.1) is 0 Å².